The van der Waals surface area contributed by atoms with Crippen molar-refractivity contribution in [2.45, 2.75) is 52.4 Å². The zero-order valence-corrected chi connectivity index (χ0v) is 10.2. The van der Waals surface area contributed by atoms with E-state index in [4.69, 9.17) is 0 Å². The van der Waals surface area contributed by atoms with Crippen LogP contribution in [0.2, 0.25) is 0 Å². The maximum Gasteiger partial charge on any atom is 0.247 e. The summed E-state index contributed by atoms with van der Waals surface area (Å²) in [7, 11) is 0. The maximum absolute atomic E-state index is 11.9. The molecule has 0 bridgehead atoms. The lowest BCUT2D eigenvalue weighted by Gasteiger charge is -2.08. The molecule has 16 heavy (non-hydrogen) atoms. The topological polar surface area (TPSA) is 34.9 Å². The highest BCUT2D eigenvalue weighted by Gasteiger charge is 2.17. The zero-order chi connectivity index (χ0) is 11.5. The lowest BCUT2D eigenvalue weighted by molar-refractivity contribution is 0.0874. The van der Waals surface area contributed by atoms with Crippen molar-refractivity contribution in [3.05, 3.63) is 17.5 Å². The average molecular weight is 220 g/mol. The zero-order valence-electron chi connectivity index (χ0n) is 10.2. The summed E-state index contributed by atoms with van der Waals surface area (Å²) in [6.07, 6.45) is 7.00. The summed E-state index contributed by atoms with van der Waals surface area (Å²) in [5, 5.41) is 4.22. The molecule has 1 aliphatic carbocycles. The Kier molecular flexibility index (Phi) is 3.42. The summed E-state index contributed by atoms with van der Waals surface area (Å²) in [6.45, 7) is 3.86. The van der Waals surface area contributed by atoms with E-state index < -0.39 is 0 Å². The third-order valence-corrected chi connectivity index (χ3v) is 3.49. The Balaban J connectivity index is 1.90. The minimum Gasteiger partial charge on any atom is -0.273 e. The second-order valence-electron chi connectivity index (χ2n) is 4.92. The molecule has 1 saturated carbocycles. The van der Waals surface area contributed by atoms with Crippen LogP contribution in [-0.2, 0) is 0 Å². The van der Waals surface area contributed by atoms with Gasteiger partial charge in [-0.1, -0.05) is 25.7 Å². The molecule has 1 aliphatic rings. The summed E-state index contributed by atoms with van der Waals surface area (Å²) < 4.78 is 1.56. The Morgan fingerprint density at radius 1 is 1.44 bits per heavy atom. The summed E-state index contributed by atoms with van der Waals surface area (Å²) in [5.41, 5.74) is 1.88. The largest absolute Gasteiger partial charge is 0.273 e. The Bertz CT molecular complexity index is 375. The lowest BCUT2D eigenvalue weighted by atomic mass is 10.0. The molecule has 3 heteroatoms. The molecule has 2 rings (SSSR count). The first kappa shape index (κ1) is 11.4. The van der Waals surface area contributed by atoms with E-state index >= 15 is 0 Å². The first-order chi connectivity index (χ1) is 7.66. The molecule has 1 aromatic heterocycles. The number of rotatable bonds is 3. The van der Waals surface area contributed by atoms with E-state index in [1.165, 1.54) is 25.7 Å². The van der Waals surface area contributed by atoms with E-state index in [-0.39, 0.29) is 5.91 Å². The van der Waals surface area contributed by atoms with Crippen LogP contribution in [0.15, 0.2) is 6.07 Å². The van der Waals surface area contributed by atoms with Crippen molar-refractivity contribution in [2.75, 3.05) is 0 Å². The van der Waals surface area contributed by atoms with E-state index in [1.54, 1.807) is 4.68 Å². The van der Waals surface area contributed by atoms with E-state index in [0.717, 1.165) is 23.7 Å². The van der Waals surface area contributed by atoms with Gasteiger partial charge in [-0.2, -0.15) is 5.10 Å². The monoisotopic (exact) mass is 220 g/mol. The van der Waals surface area contributed by atoms with Gasteiger partial charge in [0.25, 0.3) is 0 Å². The van der Waals surface area contributed by atoms with Crippen LogP contribution in [0.3, 0.4) is 0 Å². The molecule has 88 valence electrons. The molecule has 0 amide bonds. The molecule has 1 aromatic rings. The molecular formula is C13H20N2O. The number of aromatic nitrogens is 2. The molecule has 1 fully saturated rings. The summed E-state index contributed by atoms with van der Waals surface area (Å²) in [5.74, 6) is 0.929. The van der Waals surface area contributed by atoms with E-state index in [0.29, 0.717) is 6.42 Å². The minimum atomic E-state index is 0.150. The molecule has 0 saturated heterocycles. The van der Waals surface area contributed by atoms with Crippen molar-refractivity contribution in [3.63, 3.8) is 0 Å². The van der Waals surface area contributed by atoms with E-state index in [2.05, 4.69) is 5.10 Å². The van der Waals surface area contributed by atoms with Gasteiger partial charge < -0.3 is 0 Å². The van der Waals surface area contributed by atoms with Crippen molar-refractivity contribution in [3.8, 4) is 0 Å². The van der Waals surface area contributed by atoms with Gasteiger partial charge in [0.15, 0.2) is 0 Å². The third-order valence-electron chi connectivity index (χ3n) is 3.49. The van der Waals surface area contributed by atoms with Crippen LogP contribution in [0.25, 0.3) is 0 Å². The lowest BCUT2D eigenvalue weighted by Crippen LogP contribution is -2.15. The number of hydrogen-bond acceptors (Lipinski definition) is 2. The molecule has 0 aliphatic heterocycles. The Labute approximate surface area is 96.8 Å². The van der Waals surface area contributed by atoms with Crippen molar-refractivity contribution >= 4 is 5.91 Å². The van der Waals surface area contributed by atoms with Crippen LogP contribution < -0.4 is 0 Å². The van der Waals surface area contributed by atoms with Crippen LogP contribution in [-0.4, -0.2) is 15.7 Å². The normalized spacial score (nSPS) is 16.9. The van der Waals surface area contributed by atoms with Gasteiger partial charge in [-0.25, -0.2) is 4.68 Å². The van der Waals surface area contributed by atoms with Gasteiger partial charge in [0.1, 0.15) is 0 Å². The molecule has 3 nitrogen and oxygen atoms in total. The molecule has 0 aromatic carbocycles. The van der Waals surface area contributed by atoms with Crippen LogP contribution >= 0.6 is 0 Å². The van der Waals surface area contributed by atoms with Gasteiger partial charge in [0, 0.05) is 12.1 Å². The molecule has 0 unspecified atom stereocenters. The van der Waals surface area contributed by atoms with Crippen LogP contribution in [0.1, 0.15) is 54.7 Å². The molecule has 1 heterocycles. The fourth-order valence-electron chi connectivity index (χ4n) is 2.61. The Morgan fingerprint density at radius 2 is 2.12 bits per heavy atom. The van der Waals surface area contributed by atoms with Gasteiger partial charge in [-0.05, 0) is 32.3 Å². The fraction of sp³-hybridized carbons (Fsp3) is 0.692. The van der Waals surface area contributed by atoms with Crippen molar-refractivity contribution in [1.29, 1.82) is 0 Å². The quantitative estimate of drug-likeness (QED) is 0.784. The van der Waals surface area contributed by atoms with Crippen LogP contribution in [0.4, 0.5) is 0 Å². The first-order valence-electron chi connectivity index (χ1n) is 6.23. The Morgan fingerprint density at radius 3 is 2.69 bits per heavy atom. The van der Waals surface area contributed by atoms with Crippen molar-refractivity contribution < 1.29 is 4.79 Å². The highest BCUT2D eigenvalue weighted by Crippen LogP contribution is 2.28. The number of nitrogens with zero attached hydrogens (tertiary/aromatic N) is 2. The number of carbonyl (C=O) groups is 1. The number of hydrogen-bond donors (Lipinski definition) is 0. The number of aryl methyl sites for hydroxylation is 2. The predicted octanol–water partition coefficient (Wildman–Crippen LogP) is 3.11. The molecular weight excluding hydrogens is 200 g/mol. The summed E-state index contributed by atoms with van der Waals surface area (Å²) in [4.78, 5) is 11.9. The second-order valence-corrected chi connectivity index (χ2v) is 4.92. The predicted molar refractivity (Wildman–Crippen MR) is 63.5 cm³/mol. The molecule has 0 spiro atoms. The SMILES string of the molecule is Cc1cc(C)n(C(=O)CCC2CCCC2)n1. The minimum absolute atomic E-state index is 0.150. The fourth-order valence-corrected chi connectivity index (χ4v) is 2.61. The van der Waals surface area contributed by atoms with Crippen LogP contribution in [0.5, 0.6) is 0 Å². The highest BCUT2D eigenvalue weighted by molar-refractivity contribution is 5.78. The first-order valence-corrected chi connectivity index (χ1v) is 6.23. The molecule has 0 N–H and O–H groups in total. The maximum atomic E-state index is 11.9. The van der Waals surface area contributed by atoms with E-state index in [1.807, 2.05) is 19.9 Å². The summed E-state index contributed by atoms with van der Waals surface area (Å²) in [6, 6.07) is 1.95. The van der Waals surface area contributed by atoms with Gasteiger partial charge in [0.05, 0.1) is 5.69 Å². The standard InChI is InChI=1S/C13H20N2O/c1-10-9-11(2)15(14-10)13(16)8-7-12-5-3-4-6-12/h9,12H,3-8H2,1-2H3. The summed E-state index contributed by atoms with van der Waals surface area (Å²) >= 11 is 0. The smallest absolute Gasteiger partial charge is 0.247 e. The van der Waals surface area contributed by atoms with Crippen molar-refractivity contribution in [1.82, 2.24) is 9.78 Å². The second kappa shape index (κ2) is 4.81. The molecule has 0 radical (unpaired) electrons. The van der Waals surface area contributed by atoms with Crippen molar-refractivity contribution in [2.24, 2.45) is 5.92 Å². The van der Waals surface area contributed by atoms with Gasteiger partial charge in [-0.15, -0.1) is 0 Å². The number of carbonyl (C=O) groups excluding carboxylic acids is 1. The third kappa shape index (κ3) is 2.52. The Hall–Kier alpha value is -1.12. The van der Waals surface area contributed by atoms with E-state index in [9.17, 15) is 4.79 Å². The van der Waals surface area contributed by atoms with Gasteiger partial charge in [-0.3, -0.25) is 4.79 Å². The van der Waals surface area contributed by atoms with Crippen LogP contribution in [0, 0.1) is 19.8 Å². The molecule has 0 atom stereocenters. The van der Waals surface area contributed by atoms with Gasteiger partial charge in [0.2, 0.25) is 5.91 Å². The average Bonchev–Trinajstić information content (AvgIpc) is 2.84. The van der Waals surface area contributed by atoms with Gasteiger partial charge >= 0.3 is 0 Å². The highest BCUT2D eigenvalue weighted by atomic mass is 16.2.